The summed E-state index contributed by atoms with van der Waals surface area (Å²) in [5.74, 6) is -0.500. The van der Waals surface area contributed by atoms with Crippen LogP contribution in [0.1, 0.15) is 38.2 Å². The second-order valence-corrected chi connectivity index (χ2v) is 8.53. The fraction of sp³-hybridized carbons (Fsp3) is 0.591. The van der Waals surface area contributed by atoms with E-state index in [4.69, 9.17) is 4.74 Å². The van der Waals surface area contributed by atoms with E-state index in [1.165, 1.54) is 0 Å². The predicted molar refractivity (Wildman–Crippen MR) is 112 cm³/mol. The summed E-state index contributed by atoms with van der Waals surface area (Å²) in [6, 6.07) is 6.87. The Morgan fingerprint density at radius 2 is 1.80 bits per heavy atom. The van der Waals surface area contributed by atoms with Crippen LogP contribution in [0.3, 0.4) is 0 Å². The smallest absolute Gasteiger partial charge is 0.325 e. The minimum Gasteiger partial charge on any atom is -0.378 e. The van der Waals surface area contributed by atoms with Gasteiger partial charge in [0, 0.05) is 32.4 Å². The molecule has 1 atom stereocenters. The summed E-state index contributed by atoms with van der Waals surface area (Å²) in [6.07, 6.45) is 3.14. The third-order valence-corrected chi connectivity index (χ3v) is 6.50. The standard InChI is InChI=1S/C22H30N4O4/c1-16(26-20(28)22(23-21(26)29)9-3-4-10-22)19(27)24(2)15-17-5-7-18(8-6-17)25-11-13-30-14-12-25/h5-8,16H,3-4,9-15H2,1-2H3,(H,23,29). The van der Waals surface area contributed by atoms with Gasteiger partial charge < -0.3 is 19.9 Å². The molecule has 4 amide bonds. The van der Waals surface area contributed by atoms with Crippen LogP contribution in [-0.2, 0) is 20.9 Å². The summed E-state index contributed by atoms with van der Waals surface area (Å²) < 4.78 is 5.39. The summed E-state index contributed by atoms with van der Waals surface area (Å²) in [4.78, 5) is 43.3. The zero-order chi connectivity index (χ0) is 21.3. The molecule has 1 unspecified atom stereocenters. The Morgan fingerprint density at radius 3 is 2.43 bits per heavy atom. The van der Waals surface area contributed by atoms with Crippen LogP contribution < -0.4 is 10.2 Å². The largest absolute Gasteiger partial charge is 0.378 e. The lowest BCUT2D eigenvalue weighted by molar-refractivity contribution is -0.142. The van der Waals surface area contributed by atoms with Crippen LogP contribution >= 0.6 is 0 Å². The van der Waals surface area contributed by atoms with Crippen molar-refractivity contribution in [2.45, 2.75) is 50.7 Å². The second kappa shape index (κ2) is 8.26. The molecular formula is C22H30N4O4. The minimum atomic E-state index is -0.824. The van der Waals surface area contributed by atoms with Gasteiger partial charge in [0.2, 0.25) is 5.91 Å². The van der Waals surface area contributed by atoms with Crippen molar-refractivity contribution < 1.29 is 19.1 Å². The van der Waals surface area contributed by atoms with E-state index in [0.717, 1.165) is 55.3 Å². The van der Waals surface area contributed by atoms with Crippen LogP contribution in [-0.4, -0.2) is 72.6 Å². The number of morpholine rings is 1. The van der Waals surface area contributed by atoms with Crippen LogP contribution in [0.4, 0.5) is 10.5 Å². The van der Waals surface area contributed by atoms with Crippen molar-refractivity contribution in [1.82, 2.24) is 15.1 Å². The Balaban J connectivity index is 1.38. The van der Waals surface area contributed by atoms with Gasteiger partial charge in [-0.05, 0) is 37.5 Å². The Bertz CT molecular complexity index is 813. The molecular weight excluding hydrogens is 384 g/mol. The van der Waals surface area contributed by atoms with Crippen molar-refractivity contribution in [2.24, 2.45) is 0 Å². The number of hydrogen-bond acceptors (Lipinski definition) is 5. The molecule has 0 bridgehead atoms. The Kier molecular flexibility index (Phi) is 5.69. The van der Waals surface area contributed by atoms with Gasteiger partial charge in [-0.2, -0.15) is 0 Å². The number of nitrogens with one attached hydrogen (secondary N) is 1. The molecule has 3 aliphatic rings. The van der Waals surface area contributed by atoms with Gasteiger partial charge in [-0.1, -0.05) is 25.0 Å². The molecule has 3 fully saturated rings. The number of imide groups is 1. The first kappa shape index (κ1) is 20.7. The van der Waals surface area contributed by atoms with E-state index in [0.29, 0.717) is 19.4 Å². The highest BCUT2D eigenvalue weighted by molar-refractivity contribution is 6.09. The summed E-state index contributed by atoms with van der Waals surface area (Å²) >= 11 is 0. The van der Waals surface area contributed by atoms with Crippen LogP contribution in [0.25, 0.3) is 0 Å². The number of ether oxygens (including phenoxy) is 1. The molecule has 0 radical (unpaired) electrons. The lowest BCUT2D eigenvalue weighted by Gasteiger charge is -2.29. The monoisotopic (exact) mass is 414 g/mol. The Morgan fingerprint density at radius 1 is 1.17 bits per heavy atom. The molecule has 0 aromatic heterocycles. The molecule has 1 aromatic rings. The van der Waals surface area contributed by atoms with E-state index < -0.39 is 17.6 Å². The molecule has 1 spiro atoms. The highest BCUT2D eigenvalue weighted by Gasteiger charge is 2.54. The van der Waals surface area contributed by atoms with E-state index in [1.54, 1.807) is 18.9 Å². The lowest BCUT2D eigenvalue weighted by atomic mass is 9.97. The Hall–Kier alpha value is -2.61. The molecule has 162 valence electrons. The molecule has 1 N–H and O–H groups in total. The number of carbonyl (C=O) groups excluding carboxylic acids is 3. The van der Waals surface area contributed by atoms with Gasteiger partial charge >= 0.3 is 6.03 Å². The quantitative estimate of drug-likeness (QED) is 0.742. The summed E-state index contributed by atoms with van der Waals surface area (Å²) in [7, 11) is 1.71. The van der Waals surface area contributed by atoms with E-state index in [-0.39, 0.29) is 11.8 Å². The van der Waals surface area contributed by atoms with Gasteiger partial charge in [0.15, 0.2) is 0 Å². The molecule has 2 heterocycles. The van der Waals surface area contributed by atoms with E-state index >= 15 is 0 Å². The minimum absolute atomic E-state index is 0.245. The number of carbonyl (C=O) groups is 3. The first-order valence-corrected chi connectivity index (χ1v) is 10.7. The summed E-state index contributed by atoms with van der Waals surface area (Å²) in [5.41, 5.74) is 1.35. The fourth-order valence-electron chi connectivity index (χ4n) is 4.73. The lowest BCUT2D eigenvalue weighted by Crippen LogP contribution is -2.50. The number of benzene rings is 1. The number of urea groups is 1. The maximum atomic E-state index is 13.0. The third-order valence-electron chi connectivity index (χ3n) is 6.50. The number of anilines is 1. The molecule has 8 nitrogen and oxygen atoms in total. The highest BCUT2D eigenvalue weighted by Crippen LogP contribution is 2.36. The van der Waals surface area contributed by atoms with Crippen molar-refractivity contribution in [1.29, 1.82) is 0 Å². The zero-order valence-corrected chi connectivity index (χ0v) is 17.7. The molecule has 1 aromatic carbocycles. The van der Waals surface area contributed by atoms with Gasteiger partial charge in [-0.3, -0.25) is 9.59 Å². The van der Waals surface area contributed by atoms with Crippen molar-refractivity contribution in [2.75, 3.05) is 38.3 Å². The topological polar surface area (TPSA) is 82.2 Å². The van der Waals surface area contributed by atoms with E-state index in [2.05, 4.69) is 22.3 Å². The van der Waals surface area contributed by atoms with Crippen LogP contribution in [0, 0.1) is 0 Å². The van der Waals surface area contributed by atoms with Crippen molar-refractivity contribution in [3.05, 3.63) is 29.8 Å². The normalized spacial score (nSPS) is 21.8. The maximum absolute atomic E-state index is 13.0. The number of amides is 4. The highest BCUT2D eigenvalue weighted by atomic mass is 16.5. The molecule has 4 rings (SSSR count). The van der Waals surface area contributed by atoms with Gasteiger partial charge in [-0.15, -0.1) is 0 Å². The average molecular weight is 415 g/mol. The van der Waals surface area contributed by atoms with Gasteiger partial charge in [0.05, 0.1) is 13.2 Å². The first-order chi connectivity index (χ1) is 14.4. The molecule has 2 saturated heterocycles. The summed E-state index contributed by atoms with van der Waals surface area (Å²) in [5, 5.41) is 2.84. The molecule has 8 heteroatoms. The zero-order valence-electron chi connectivity index (χ0n) is 17.7. The predicted octanol–water partition coefficient (Wildman–Crippen LogP) is 1.73. The molecule has 2 aliphatic heterocycles. The second-order valence-electron chi connectivity index (χ2n) is 8.53. The van der Waals surface area contributed by atoms with Gasteiger partial charge in [0.25, 0.3) is 5.91 Å². The van der Waals surface area contributed by atoms with E-state index in [9.17, 15) is 14.4 Å². The number of hydrogen-bond donors (Lipinski definition) is 1. The molecule has 30 heavy (non-hydrogen) atoms. The average Bonchev–Trinajstić information content (AvgIpc) is 3.32. The first-order valence-electron chi connectivity index (χ1n) is 10.7. The summed E-state index contributed by atoms with van der Waals surface area (Å²) in [6.45, 7) is 5.28. The fourth-order valence-corrected chi connectivity index (χ4v) is 4.73. The Labute approximate surface area is 177 Å². The van der Waals surface area contributed by atoms with Crippen molar-refractivity contribution in [3.63, 3.8) is 0 Å². The molecule has 1 saturated carbocycles. The molecule has 1 aliphatic carbocycles. The SMILES string of the molecule is CC(C(=O)N(C)Cc1ccc(N2CCOCC2)cc1)N1C(=O)NC2(CCCC2)C1=O. The maximum Gasteiger partial charge on any atom is 0.325 e. The van der Waals surface area contributed by atoms with Crippen molar-refractivity contribution in [3.8, 4) is 0 Å². The van der Waals surface area contributed by atoms with Crippen LogP contribution in [0.15, 0.2) is 24.3 Å². The third kappa shape index (κ3) is 3.76. The van der Waals surface area contributed by atoms with Crippen LogP contribution in [0.2, 0.25) is 0 Å². The number of likely N-dealkylation sites (N-methyl/N-ethyl adjacent to an activating group) is 1. The van der Waals surface area contributed by atoms with E-state index in [1.807, 2.05) is 12.1 Å². The number of rotatable bonds is 5. The van der Waals surface area contributed by atoms with Crippen LogP contribution in [0.5, 0.6) is 0 Å². The number of nitrogens with zero attached hydrogens (tertiary/aromatic N) is 3. The van der Waals surface area contributed by atoms with Crippen molar-refractivity contribution >= 4 is 23.5 Å². The van der Waals surface area contributed by atoms with Gasteiger partial charge in [-0.25, -0.2) is 9.69 Å². The van der Waals surface area contributed by atoms with Gasteiger partial charge in [0.1, 0.15) is 11.6 Å².